The lowest BCUT2D eigenvalue weighted by Crippen LogP contribution is -2.45. The Morgan fingerprint density at radius 1 is 1.00 bits per heavy atom. The van der Waals surface area contributed by atoms with Crippen molar-refractivity contribution in [1.82, 2.24) is 4.90 Å². The smallest absolute Gasteiger partial charge is 0.407 e. The zero-order chi connectivity index (χ0) is 19.8. The van der Waals surface area contributed by atoms with Crippen LogP contribution in [0.2, 0.25) is 0 Å². The highest BCUT2D eigenvalue weighted by atomic mass is 16.5. The Morgan fingerprint density at radius 3 is 2.18 bits per heavy atom. The van der Waals surface area contributed by atoms with Crippen molar-refractivity contribution in [3.8, 4) is 23.3 Å². The molecule has 1 aliphatic heterocycles. The van der Waals surface area contributed by atoms with E-state index in [9.17, 15) is 9.90 Å². The van der Waals surface area contributed by atoms with Gasteiger partial charge in [0, 0.05) is 12.5 Å². The van der Waals surface area contributed by atoms with Crippen LogP contribution < -0.4 is 9.47 Å². The Morgan fingerprint density at radius 2 is 1.61 bits per heavy atom. The van der Waals surface area contributed by atoms with Crippen LogP contribution in [0.25, 0.3) is 0 Å². The Hall–Kier alpha value is -3.17. The topological polar surface area (TPSA) is 79.2 Å². The standard InChI is InChI=1S/C22H23NO5/c24-21-16-23(22(25)26)13-12-20(21)17-8-10-19(11-9-17)28-15-5-4-14-27-18-6-2-1-3-7-18/h1-3,6-11,20-21,24H,12-16H2,(H,25,26). The normalized spacial score (nSPS) is 18.7. The number of rotatable bonds is 5. The highest BCUT2D eigenvalue weighted by Gasteiger charge is 2.30. The molecule has 2 aromatic carbocycles. The van der Waals surface area contributed by atoms with Crippen LogP contribution in [0.1, 0.15) is 17.9 Å². The maximum absolute atomic E-state index is 11.0. The molecule has 146 valence electrons. The number of nitrogens with zero attached hydrogens (tertiary/aromatic N) is 1. The molecule has 6 nitrogen and oxygen atoms in total. The molecular formula is C22H23NO5. The molecule has 1 heterocycles. The van der Waals surface area contributed by atoms with Crippen LogP contribution in [0.3, 0.4) is 0 Å². The summed E-state index contributed by atoms with van der Waals surface area (Å²) in [5.41, 5.74) is 0.979. The Balaban J connectivity index is 1.44. The SMILES string of the molecule is O=C(O)N1CCC(c2ccc(OCC#CCOc3ccccc3)cc2)C(O)C1. The third-order valence-corrected chi connectivity index (χ3v) is 4.65. The van der Waals surface area contributed by atoms with E-state index in [4.69, 9.17) is 14.6 Å². The Labute approximate surface area is 164 Å². The summed E-state index contributed by atoms with van der Waals surface area (Å²) in [5, 5.41) is 19.3. The summed E-state index contributed by atoms with van der Waals surface area (Å²) in [7, 11) is 0. The van der Waals surface area contributed by atoms with Crippen molar-refractivity contribution in [2.24, 2.45) is 0 Å². The largest absolute Gasteiger partial charge is 0.481 e. The molecule has 1 amide bonds. The monoisotopic (exact) mass is 381 g/mol. The van der Waals surface area contributed by atoms with Gasteiger partial charge in [0.05, 0.1) is 12.6 Å². The molecule has 6 heteroatoms. The number of hydrogen-bond acceptors (Lipinski definition) is 4. The number of ether oxygens (including phenoxy) is 2. The van der Waals surface area contributed by atoms with Gasteiger partial charge in [0.2, 0.25) is 0 Å². The van der Waals surface area contributed by atoms with Crippen LogP contribution in [-0.2, 0) is 0 Å². The van der Waals surface area contributed by atoms with E-state index in [1.54, 1.807) is 0 Å². The summed E-state index contributed by atoms with van der Waals surface area (Å²) in [6.07, 6.45) is -1.09. The molecular weight excluding hydrogens is 358 g/mol. The van der Waals surface area contributed by atoms with E-state index in [1.165, 1.54) is 4.90 Å². The lowest BCUT2D eigenvalue weighted by molar-refractivity contribution is 0.0504. The number of benzene rings is 2. The molecule has 0 spiro atoms. The molecule has 2 atom stereocenters. The third kappa shape index (κ3) is 5.41. The second-order valence-electron chi connectivity index (χ2n) is 6.50. The fraction of sp³-hybridized carbons (Fsp3) is 0.318. The summed E-state index contributed by atoms with van der Waals surface area (Å²) in [5.74, 6) is 7.22. The molecule has 1 aliphatic rings. The number of aliphatic hydroxyl groups is 1. The number of likely N-dealkylation sites (tertiary alicyclic amines) is 1. The zero-order valence-electron chi connectivity index (χ0n) is 15.5. The fourth-order valence-electron chi connectivity index (χ4n) is 3.16. The molecule has 28 heavy (non-hydrogen) atoms. The minimum atomic E-state index is -0.989. The van der Waals surface area contributed by atoms with Gasteiger partial charge in [-0.25, -0.2) is 4.79 Å². The van der Waals surface area contributed by atoms with Crippen LogP contribution in [0.5, 0.6) is 11.5 Å². The summed E-state index contributed by atoms with van der Waals surface area (Å²) in [6, 6.07) is 17.0. The van der Waals surface area contributed by atoms with Gasteiger partial charge in [0.25, 0.3) is 0 Å². The van der Waals surface area contributed by atoms with Gasteiger partial charge in [-0.05, 0) is 36.2 Å². The first-order valence-corrected chi connectivity index (χ1v) is 9.16. The van der Waals surface area contributed by atoms with Gasteiger partial charge >= 0.3 is 6.09 Å². The second kappa shape index (κ2) is 9.67. The molecule has 1 fully saturated rings. The Bertz CT molecular complexity index is 826. The van der Waals surface area contributed by atoms with Gasteiger partial charge in [-0.2, -0.15) is 0 Å². The van der Waals surface area contributed by atoms with Crippen molar-refractivity contribution in [1.29, 1.82) is 0 Å². The predicted octanol–water partition coefficient (Wildman–Crippen LogP) is 2.98. The highest BCUT2D eigenvalue weighted by molar-refractivity contribution is 5.65. The summed E-state index contributed by atoms with van der Waals surface area (Å²) >= 11 is 0. The van der Waals surface area contributed by atoms with Gasteiger partial charge in [-0.1, -0.05) is 42.2 Å². The number of hydrogen-bond donors (Lipinski definition) is 2. The van der Waals surface area contributed by atoms with E-state index in [-0.39, 0.29) is 19.1 Å². The molecule has 2 unspecified atom stereocenters. The van der Waals surface area contributed by atoms with Crippen LogP contribution in [0.4, 0.5) is 4.79 Å². The molecule has 2 N–H and O–H groups in total. The molecule has 0 aromatic heterocycles. The Kier molecular flexibility index (Phi) is 6.77. The summed E-state index contributed by atoms with van der Waals surface area (Å²) < 4.78 is 11.1. The second-order valence-corrected chi connectivity index (χ2v) is 6.50. The van der Waals surface area contributed by atoms with Crippen molar-refractivity contribution in [2.45, 2.75) is 18.4 Å². The van der Waals surface area contributed by atoms with Gasteiger partial charge in [0.15, 0.2) is 0 Å². The van der Waals surface area contributed by atoms with Crippen LogP contribution in [0.15, 0.2) is 54.6 Å². The number of β-amino-alcohol motifs (C(OH)–C–C–N with tert-alkyl or cyclic N) is 1. The molecule has 1 saturated heterocycles. The summed E-state index contributed by atoms with van der Waals surface area (Å²) in [6.45, 7) is 1.13. The molecule has 0 aliphatic carbocycles. The van der Waals surface area contributed by atoms with Gasteiger partial charge in [0.1, 0.15) is 24.7 Å². The number of amides is 1. The number of carbonyl (C=O) groups is 1. The summed E-state index contributed by atoms with van der Waals surface area (Å²) in [4.78, 5) is 12.3. The molecule has 3 rings (SSSR count). The van der Waals surface area contributed by atoms with Crippen molar-refractivity contribution < 1.29 is 24.5 Å². The van der Waals surface area contributed by atoms with Crippen molar-refractivity contribution >= 4 is 6.09 Å². The molecule has 0 bridgehead atoms. The van der Waals surface area contributed by atoms with Crippen molar-refractivity contribution in [3.05, 3.63) is 60.2 Å². The van der Waals surface area contributed by atoms with Gasteiger partial charge in [-0.3, -0.25) is 0 Å². The zero-order valence-corrected chi connectivity index (χ0v) is 15.5. The molecule has 2 aromatic rings. The average Bonchev–Trinajstić information content (AvgIpc) is 2.72. The van der Waals surface area contributed by atoms with Crippen LogP contribution >= 0.6 is 0 Å². The van der Waals surface area contributed by atoms with E-state index in [1.807, 2.05) is 54.6 Å². The number of para-hydroxylation sites is 1. The number of piperidine rings is 1. The van der Waals surface area contributed by atoms with E-state index >= 15 is 0 Å². The first-order valence-electron chi connectivity index (χ1n) is 9.16. The maximum Gasteiger partial charge on any atom is 0.407 e. The minimum Gasteiger partial charge on any atom is -0.481 e. The maximum atomic E-state index is 11.0. The van der Waals surface area contributed by atoms with Crippen molar-refractivity contribution in [3.63, 3.8) is 0 Å². The van der Waals surface area contributed by atoms with Gasteiger partial charge < -0.3 is 24.6 Å². The molecule has 0 saturated carbocycles. The average molecular weight is 381 g/mol. The first-order chi connectivity index (χ1) is 13.6. The first kappa shape index (κ1) is 19.6. The lowest BCUT2D eigenvalue weighted by Gasteiger charge is -2.34. The predicted molar refractivity (Wildman–Crippen MR) is 105 cm³/mol. The molecule has 0 radical (unpaired) electrons. The van der Waals surface area contributed by atoms with Gasteiger partial charge in [-0.15, -0.1) is 0 Å². The quantitative estimate of drug-likeness (QED) is 0.779. The van der Waals surface area contributed by atoms with Crippen LogP contribution in [0, 0.1) is 11.8 Å². The minimum absolute atomic E-state index is 0.0698. The van der Waals surface area contributed by atoms with E-state index in [0.29, 0.717) is 25.3 Å². The highest BCUT2D eigenvalue weighted by Crippen LogP contribution is 2.29. The fourth-order valence-corrected chi connectivity index (χ4v) is 3.16. The third-order valence-electron chi connectivity index (χ3n) is 4.65. The van der Waals surface area contributed by atoms with E-state index in [0.717, 1.165) is 11.3 Å². The lowest BCUT2D eigenvalue weighted by atomic mass is 9.87. The van der Waals surface area contributed by atoms with Crippen LogP contribution in [-0.4, -0.2) is 53.6 Å². The van der Waals surface area contributed by atoms with E-state index < -0.39 is 12.2 Å². The van der Waals surface area contributed by atoms with E-state index in [2.05, 4.69) is 11.8 Å². The number of carboxylic acid groups (broad SMARTS) is 1. The number of aliphatic hydroxyl groups excluding tert-OH is 1. The van der Waals surface area contributed by atoms with Crippen molar-refractivity contribution in [2.75, 3.05) is 26.3 Å².